The smallest absolute Gasteiger partial charge is 0.251 e. The van der Waals surface area contributed by atoms with Crippen molar-refractivity contribution in [1.82, 2.24) is 10.0 Å². The third kappa shape index (κ3) is 4.89. The highest BCUT2D eigenvalue weighted by atomic mass is 32.2. The van der Waals surface area contributed by atoms with Crippen LogP contribution in [-0.4, -0.2) is 34.6 Å². The quantitative estimate of drug-likeness (QED) is 0.752. The van der Waals surface area contributed by atoms with E-state index in [-0.39, 0.29) is 16.7 Å². The Morgan fingerprint density at radius 3 is 2.28 bits per heavy atom. The van der Waals surface area contributed by atoms with Crippen LogP contribution in [0.2, 0.25) is 0 Å². The number of sulfonamides is 1. The zero-order valence-electron chi connectivity index (χ0n) is 16.8. The van der Waals surface area contributed by atoms with Crippen molar-refractivity contribution in [2.75, 3.05) is 20.3 Å². The molecule has 0 aromatic heterocycles. The molecule has 7 nitrogen and oxygen atoms in total. The van der Waals surface area contributed by atoms with Crippen molar-refractivity contribution in [2.24, 2.45) is 5.92 Å². The maximum Gasteiger partial charge on any atom is 0.251 e. The molecule has 1 heterocycles. The molecule has 0 saturated carbocycles. The minimum absolute atomic E-state index is 0.000311. The van der Waals surface area contributed by atoms with Gasteiger partial charge in [-0.25, -0.2) is 13.1 Å². The molecule has 0 aliphatic carbocycles. The number of benzene rings is 2. The standard InChI is InChI=1S/C21H26N2O5S/c1-14(2)20(16-7-10-18-19(13-16)28-12-4-11-27-18)23-29(25,26)17-8-5-15(6-9-17)21(24)22-3/h5-10,13-14,20,23H,4,11-12H2,1-3H3,(H,22,24)/t20-/m1/s1. The first-order valence-corrected chi connectivity index (χ1v) is 11.0. The lowest BCUT2D eigenvalue weighted by Crippen LogP contribution is -2.32. The number of hydrogen-bond donors (Lipinski definition) is 2. The predicted molar refractivity (Wildman–Crippen MR) is 110 cm³/mol. The molecule has 2 N–H and O–H groups in total. The van der Waals surface area contributed by atoms with E-state index in [0.29, 0.717) is 30.3 Å². The second kappa shape index (κ2) is 8.84. The molecule has 0 saturated heterocycles. The van der Waals surface area contributed by atoms with Crippen LogP contribution >= 0.6 is 0 Å². The topological polar surface area (TPSA) is 93.7 Å². The molecule has 29 heavy (non-hydrogen) atoms. The lowest BCUT2D eigenvalue weighted by Gasteiger charge is -2.24. The molecule has 2 aromatic rings. The summed E-state index contributed by atoms with van der Waals surface area (Å²) >= 11 is 0. The number of nitrogens with one attached hydrogen (secondary N) is 2. The van der Waals surface area contributed by atoms with Crippen molar-refractivity contribution in [3.05, 3.63) is 53.6 Å². The van der Waals surface area contributed by atoms with Crippen molar-refractivity contribution in [3.8, 4) is 11.5 Å². The number of rotatable bonds is 6. The first kappa shape index (κ1) is 21.1. The molecule has 3 rings (SSSR count). The lowest BCUT2D eigenvalue weighted by atomic mass is 9.97. The Balaban J connectivity index is 1.86. The molecular formula is C21H26N2O5S. The molecule has 0 unspecified atom stereocenters. The van der Waals surface area contributed by atoms with Gasteiger partial charge in [0, 0.05) is 25.1 Å². The summed E-state index contributed by atoms with van der Waals surface area (Å²) < 4.78 is 40.1. The van der Waals surface area contributed by atoms with E-state index in [2.05, 4.69) is 10.0 Å². The largest absolute Gasteiger partial charge is 0.490 e. The van der Waals surface area contributed by atoms with Gasteiger partial charge in [0.2, 0.25) is 10.0 Å². The van der Waals surface area contributed by atoms with Gasteiger partial charge in [0.1, 0.15) is 0 Å². The maximum absolute atomic E-state index is 12.9. The molecule has 1 atom stereocenters. The molecule has 0 spiro atoms. The van der Waals surface area contributed by atoms with Crippen LogP contribution in [0.5, 0.6) is 11.5 Å². The molecule has 1 amide bonds. The first-order valence-electron chi connectivity index (χ1n) is 9.56. The fourth-order valence-corrected chi connectivity index (χ4v) is 4.50. The van der Waals surface area contributed by atoms with Crippen molar-refractivity contribution in [3.63, 3.8) is 0 Å². The van der Waals surface area contributed by atoms with Crippen LogP contribution in [-0.2, 0) is 10.0 Å². The Hall–Kier alpha value is -2.58. The van der Waals surface area contributed by atoms with Gasteiger partial charge in [-0.3, -0.25) is 4.79 Å². The lowest BCUT2D eigenvalue weighted by molar-refractivity contribution is 0.0963. The van der Waals surface area contributed by atoms with Gasteiger partial charge in [-0.1, -0.05) is 19.9 Å². The average Bonchev–Trinajstić information content (AvgIpc) is 2.96. The Morgan fingerprint density at radius 1 is 1.00 bits per heavy atom. The first-order chi connectivity index (χ1) is 13.8. The molecule has 156 valence electrons. The molecule has 1 aliphatic rings. The summed E-state index contributed by atoms with van der Waals surface area (Å²) in [4.78, 5) is 11.8. The highest BCUT2D eigenvalue weighted by molar-refractivity contribution is 7.89. The van der Waals surface area contributed by atoms with Crippen LogP contribution in [0.25, 0.3) is 0 Å². The third-order valence-corrected chi connectivity index (χ3v) is 6.19. The van der Waals surface area contributed by atoms with Gasteiger partial charge in [0.15, 0.2) is 11.5 Å². The summed E-state index contributed by atoms with van der Waals surface area (Å²) in [7, 11) is -2.26. The monoisotopic (exact) mass is 418 g/mol. The molecule has 0 fully saturated rings. The zero-order valence-corrected chi connectivity index (χ0v) is 17.6. The fraction of sp³-hybridized carbons (Fsp3) is 0.381. The second-order valence-corrected chi connectivity index (χ2v) is 8.92. The predicted octanol–water partition coefficient (Wildman–Crippen LogP) is 2.88. The number of carbonyl (C=O) groups is 1. The van der Waals surface area contributed by atoms with Crippen LogP contribution in [0.1, 0.15) is 42.2 Å². The fourth-order valence-electron chi connectivity index (χ4n) is 3.13. The van der Waals surface area contributed by atoms with Crippen molar-refractivity contribution >= 4 is 15.9 Å². The van der Waals surface area contributed by atoms with E-state index < -0.39 is 16.1 Å². The molecule has 0 radical (unpaired) electrons. The Labute approximate surface area is 171 Å². The third-order valence-electron chi connectivity index (χ3n) is 4.73. The zero-order chi connectivity index (χ0) is 21.0. The number of hydrogen-bond acceptors (Lipinski definition) is 5. The number of ether oxygens (including phenoxy) is 2. The van der Waals surface area contributed by atoms with E-state index >= 15 is 0 Å². The molecular weight excluding hydrogens is 392 g/mol. The van der Waals surface area contributed by atoms with Crippen LogP contribution < -0.4 is 19.5 Å². The summed E-state index contributed by atoms with van der Waals surface area (Å²) in [5.41, 5.74) is 1.20. The van der Waals surface area contributed by atoms with Crippen LogP contribution in [0.3, 0.4) is 0 Å². The second-order valence-electron chi connectivity index (χ2n) is 7.20. The SMILES string of the molecule is CNC(=O)c1ccc(S(=O)(=O)N[C@@H](c2ccc3c(c2)OCCCO3)C(C)C)cc1. The Morgan fingerprint density at radius 2 is 1.66 bits per heavy atom. The number of carbonyl (C=O) groups excluding carboxylic acids is 1. The van der Waals surface area contributed by atoms with Gasteiger partial charge in [-0.15, -0.1) is 0 Å². The molecule has 2 aromatic carbocycles. The Kier molecular flexibility index (Phi) is 6.44. The molecule has 1 aliphatic heterocycles. The average molecular weight is 419 g/mol. The normalized spacial score (nSPS) is 14.9. The van der Waals surface area contributed by atoms with Crippen LogP contribution in [0, 0.1) is 5.92 Å². The van der Waals surface area contributed by atoms with Crippen molar-refractivity contribution in [1.29, 1.82) is 0 Å². The highest BCUT2D eigenvalue weighted by Gasteiger charge is 2.25. The van der Waals surface area contributed by atoms with E-state index in [1.54, 1.807) is 0 Å². The van der Waals surface area contributed by atoms with E-state index in [4.69, 9.17) is 9.47 Å². The van der Waals surface area contributed by atoms with Gasteiger partial charge in [-0.2, -0.15) is 0 Å². The van der Waals surface area contributed by atoms with E-state index in [1.165, 1.54) is 31.3 Å². The Bertz CT molecular complexity index is 971. The number of amides is 1. The van der Waals surface area contributed by atoms with Gasteiger partial charge in [0.25, 0.3) is 5.91 Å². The summed E-state index contributed by atoms with van der Waals surface area (Å²) in [6, 6.07) is 10.9. The maximum atomic E-state index is 12.9. The van der Waals surface area contributed by atoms with Crippen molar-refractivity contribution < 1.29 is 22.7 Å². The van der Waals surface area contributed by atoms with Crippen molar-refractivity contribution in [2.45, 2.75) is 31.2 Å². The highest BCUT2D eigenvalue weighted by Crippen LogP contribution is 2.34. The van der Waals surface area contributed by atoms with Gasteiger partial charge in [-0.05, 0) is 47.9 Å². The molecule has 0 bridgehead atoms. The van der Waals surface area contributed by atoms with Crippen LogP contribution in [0.15, 0.2) is 47.4 Å². The summed E-state index contributed by atoms with van der Waals surface area (Å²) in [5, 5.41) is 2.51. The summed E-state index contributed by atoms with van der Waals surface area (Å²) in [6.45, 7) is 5.06. The minimum Gasteiger partial charge on any atom is -0.490 e. The number of fused-ring (bicyclic) bond motifs is 1. The van der Waals surface area contributed by atoms with Gasteiger partial charge < -0.3 is 14.8 Å². The van der Waals surface area contributed by atoms with E-state index in [9.17, 15) is 13.2 Å². The van der Waals surface area contributed by atoms with Gasteiger partial charge in [0.05, 0.1) is 18.1 Å². The molecule has 8 heteroatoms. The van der Waals surface area contributed by atoms with E-state index in [0.717, 1.165) is 12.0 Å². The van der Waals surface area contributed by atoms with Crippen LogP contribution in [0.4, 0.5) is 0 Å². The van der Waals surface area contributed by atoms with E-state index in [1.807, 2.05) is 32.0 Å². The summed E-state index contributed by atoms with van der Waals surface area (Å²) in [6.07, 6.45) is 0.802. The minimum atomic E-state index is -3.78. The summed E-state index contributed by atoms with van der Waals surface area (Å²) in [5.74, 6) is 1.02. The van der Waals surface area contributed by atoms with Gasteiger partial charge >= 0.3 is 0 Å².